The highest BCUT2D eigenvalue weighted by atomic mass is 16.6. The summed E-state index contributed by atoms with van der Waals surface area (Å²) in [7, 11) is 1.75. The second kappa shape index (κ2) is 6.78. The third-order valence-electron chi connectivity index (χ3n) is 3.11. The van der Waals surface area contributed by atoms with Gasteiger partial charge in [-0.15, -0.1) is 0 Å². The fourth-order valence-electron chi connectivity index (χ4n) is 2.06. The van der Waals surface area contributed by atoms with Crippen molar-refractivity contribution in [1.29, 1.82) is 0 Å². The molecule has 1 rings (SSSR count). The molecule has 3 nitrogen and oxygen atoms in total. The van der Waals surface area contributed by atoms with Gasteiger partial charge in [-0.2, -0.15) is 0 Å². The largest absolute Gasteiger partial charge is 0.443 e. The van der Waals surface area contributed by atoms with Gasteiger partial charge >= 0.3 is 6.09 Å². The van der Waals surface area contributed by atoms with E-state index in [-0.39, 0.29) is 6.09 Å². The fourth-order valence-corrected chi connectivity index (χ4v) is 2.06. The normalized spacial score (nSPS) is 11.3. The number of ether oxygens (including phenoxy) is 1. The van der Waals surface area contributed by atoms with Crippen molar-refractivity contribution >= 4 is 11.8 Å². The van der Waals surface area contributed by atoms with Crippen LogP contribution in [-0.2, 0) is 11.2 Å². The van der Waals surface area contributed by atoms with Crippen molar-refractivity contribution in [2.45, 2.75) is 59.5 Å². The van der Waals surface area contributed by atoms with Gasteiger partial charge in [-0.25, -0.2) is 4.79 Å². The highest BCUT2D eigenvalue weighted by molar-refractivity contribution is 5.88. The zero-order chi connectivity index (χ0) is 15.3. The van der Waals surface area contributed by atoms with Crippen molar-refractivity contribution in [2.75, 3.05) is 11.9 Å². The number of rotatable bonds is 4. The Kier molecular flexibility index (Phi) is 5.61. The third-order valence-corrected chi connectivity index (χ3v) is 3.11. The number of amides is 1. The van der Waals surface area contributed by atoms with Gasteiger partial charge in [0.15, 0.2) is 0 Å². The van der Waals surface area contributed by atoms with Crippen molar-refractivity contribution in [2.24, 2.45) is 0 Å². The Morgan fingerprint density at radius 3 is 2.45 bits per heavy atom. The number of carbonyl (C=O) groups is 1. The summed E-state index contributed by atoms with van der Waals surface area (Å²) >= 11 is 0. The minimum atomic E-state index is -0.472. The molecule has 0 aliphatic heterocycles. The molecule has 0 atom stereocenters. The Hall–Kier alpha value is -1.51. The molecule has 0 N–H and O–H groups in total. The van der Waals surface area contributed by atoms with Gasteiger partial charge in [-0.05, 0) is 57.7 Å². The molecular formula is C17H27NO2. The van der Waals surface area contributed by atoms with E-state index in [2.05, 4.69) is 19.1 Å². The number of anilines is 1. The van der Waals surface area contributed by atoms with E-state index < -0.39 is 5.60 Å². The Balaban J connectivity index is 2.83. The summed E-state index contributed by atoms with van der Waals surface area (Å²) in [5, 5.41) is 0. The van der Waals surface area contributed by atoms with E-state index in [1.807, 2.05) is 33.8 Å². The molecule has 0 heterocycles. The van der Waals surface area contributed by atoms with Crippen molar-refractivity contribution < 1.29 is 9.53 Å². The minimum absolute atomic E-state index is 0.318. The molecule has 0 spiro atoms. The van der Waals surface area contributed by atoms with Crippen molar-refractivity contribution in [3.63, 3.8) is 0 Å². The monoisotopic (exact) mass is 277 g/mol. The summed E-state index contributed by atoms with van der Waals surface area (Å²) in [5.41, 5.74) is 2.86. The Morgan fingerprint density at radius 1 is 1.30 bits per heavy atom. The lowest BCUT2D eigenvalue weighted by Crippen LogP contribution is -2.34. The first-order chi connectivity index (χ1) is 9.24. The molecule has 0 aliphatic rings. The molecule has 1 aromatic carbocycles. The van der Waals surface area contributed by atoms with Crippen LogP contribution in [0.25, 0.3) is 0 Å². The Bertz CT molecular complexity index is 461. The fraction of sp³-hybridized carbons (Fsp3) is 0.588. The van der Waals surface area contributed by atoms with E-state index in [0.717, 1.165) is 17.7 Å². The lowest BCUT2D eigenvalue weighted by molar-refractivity contribution is 0.0589. The van der Waals surface area contributed by atoms with Crippen LogP contribution in [-0.4, -0.2) is 18.7 Å². The van der Waals surface area contributed by atoms with Crippen LogP contribution in [0, 0.1) is 6.92 Å². The van der Waals surface area contributed by atoms with Crippen molar-refractivity contribution in [1.82, 2.24) is 0 Å². The number of aryl methyl sites for hydroxylation is 2. The maximum Gasteiger partial charge on any atom is 0.414 e. The van der Waals surface area contributed by atoms with Gasteiger partial charge < -0.3 is 4.74 Å². The molecule has 0 saturated heterocycles. The van der Waals surface area contributed by atoms with E-state index in [1.54, 1.807) is 11.9 Å². The van der Waals surface area contributed by atoms with Gasteiger partial charge in [0.05, 0.1) is 0 Å². The lowest BCUT2D eigenvalue weighted by Gasteiger charge is -2.25. The van der Waals surface area contributed by atoms with Crippen LogP contribution in [0.3, 0.4) is 0 Å². The second-order valence-electron chi connectivity index (χ2n) is 6.26. The summed E-state index contributed by atoms with van der Waals surface area (Å²) in [6.45, 7) is 9.85. The number of carbonyl (C=O) groups excluding carboxylic acids is 1. The SMILES string of the molecule is CCCCc1ccc(N(C)C(=O)OC(C)(C)C)c(C)c1. The molecule has 0 radical (unpaired) electrons. The van der Waals surface area contributed by atoms with E-state index in [4.69, 9.17) is 4.74 Å². The molecule has 0 aromatic heterocycles. The zero-order valence-electron chi connectivity index (χ0n) is 13.6. The molecule has 1 amide bonds. The van der Waals surface area contributed by atoms with Gasteiger partial charge in [-0.3, -0.25) is 4.90 Å². The summed E-state index contributed by atoms with van der Waals surface area (Å²) < 4.78 is 5.39. The summed E-state index contributed by atoms with van der Waals surface area (Å²) in [6.07, 6.45) is 3.16. The van der Waals surface area contributed by atoms with Gasteiger partial charge in [0.1, 0.15) is 5.60 Å². The first-order valence-electron chi connectivity index (χ1n) is 7.31. The summed E-state index contributed by atoms with van der Waals surface area (Å²) in [6, 6.07) is 6.26. The number of nitrogens with zero attached hydrogens (tertiary/aromatic N) is 1. The molecule has 1 aromatic rings. The molecular weight excluding hydrogens is 250 g/mol. The Labute approximate surface area is 122 Å². The van der Waals surface area contributed by atoms with E-state index in [0.29, 0.717) is 0 Å². The summed E-state index contributed by atoms with van der Waals surface area (Å²) in [4.78, 5) is 13.6. The van der Waals surface area contributed by atoms with Crippen molar-refractivity contribution in [3.05, 3.63) is 29.3 Å². The van der Waals surface area contributed by atoms with Crippen LogP contribution < -0.4 is 4.90 Å². The molecule has 0 fully saturated rings. The zero-order valence-corrected chi connectivity index (χ0v) is 13.6. The van der Waals surface area contributed by atoms with Crippen LogP contribution in [0.1, 0.15) is 51.7 Å². The molecule has 112 valence electrons. The maximum atomic E-state index is 12.1. The van der Waals surface area contributed by atoms with Crippen LogP contribution in [0.4, 0.5) is 10.5 Å². The van der Waals surface area contributed by atoms with Gasteiger partial charge in [0, 0.05) is 12.7 Å². The van der Waals surface area contributed by atoms with Crippen LogP contribution >= 0.6 is 0 Å². The van der Waals surface area contributed by atoms with Gasteiger partial charge in [0.2, 0.25) is 0 Å². The highest BCUT2D eigenvalue weighted by Crippen LogP contribution is 2.23. The van der Waals surface area contributed by atoms with Crippen molar-refractivity contribution in [3.8, 4) is 0 Å². The molecule has 0 aliphatic carbocycles. The quantitative estimate of drug-likeness (QED) is 0.797. The maximum absolute atomic E-state index is 12.1. The molecule has 20 heavy (non-hydrogen) atoms. The van der Waals surface area contributed by atoms with Gasteiger partial charge in [-0.1, -0.05) is 25.5 Å². The smallest absolute Gasteiger partial charge is 0.414 e. The number of hydrogen-bond donors (Lipinski definition) is 0. The number of unbranched alkanes of at least 4 members (excludes halogenated alkanes) is 1. The van der Waals surface area contributed by atoms with Gasteiger partial charge in [0.25, 0.3) is 0 Å². The van der Waals surface area contributed by atoms with Crippen LogP contribution in [0.15, 0.2) is 18.2 Å². The van der Waals surface area contributed by atoms with E-state index in [1.165, 1.54) is 18.4 Å². The first kappa shape index (κ1) is 16.5. The average molecular weight is 277 g/mol. The average Bonchev–Trinajstić information content (AvgIpc) is 2.33. The Morgan fingerprint density at radius 2 is 1.95 bits per heavy atom. The molecule has 0 unspecified atom stereocenters. The standard InChI is InChI=1S/C17H27NO2/c1-7-8-9-14-10-11-15(13(2)12-14)18(6)16(19)20-17(3,4)5/h10-12H,7-9H2,1-6H3. The minimum Gasteiger partial charge on any atom is -0.443 e. The second-order valence-corrected chi connectivity index (χ2v) is 6.26. The molecule has 0 bridgehead atoms. The molecule has 3 heteroatoms. The highest BCUT2D eigenvalue weighted by Gasteiger charge is 2.21. The number of benzene rings is 1. The van der Waals surface area contributed by atoms with E-state index >= 15 is 0 Å². The lowest BCUT2D eigenvalue weighted by atomic mass is 10.0. The molecule has 0 saturated carbocycles. The van der Waals surface area contributed by atoms with E-state index in [9.17, 15) is 4.79 Å². The predicted molar refractivity (Wildman–Crippen MR) is 84.4 cm³/mol. The third kappa shape index (κ3) is 4.87. The van der Waals surface area contributed by atoms with Crippen LogP contribution in [0.2, 0.25) is 0 Å². The number of hydrogen-bond acceptors (Lipinski definition) is 2. The first-order valence-corrected chi connectivity index (χ1v) is 7.31. The topological polar surface area (TPSA) is 29.5 Å². The predicted octanol–water partition coefficient (Wildman–Crippen LogP) is 4.71. The summed E-state index contributed by atoms with van der Waals surface area (Å²) in [5.74, 6) is 0. The van der Waals surface area contributed by atoms with Crippen LogP contribution in [0.5, 0.6) is 0 Å².